The smallest absolute Gasteiger partial charge is 0.198 e. The first kappa shape index (κ1) is 13.9. The Labute approximate surface area is 125 Å². The number of ketones is 1. The highest BCUT2D eigenvalue weighted by Gasteiger charge is 2.22. The van der Waals surface area contributed by atoms with Gasteiger partial charge in [0.1, 0.15) is 0 Å². The summed E-state index contributed by atoms with van der Waals surface area (Å²) >= 11 is 3.31. The lowest BCUT2D eigenvalue weighted by Gasteiger charge is -2.04. The highest BCUT2D eigenvalue weighted by Crippen LogP contribution is 2.29. The Morgan fingerprint density at radius 3 is 2.52 bits per heavy atom. The van der Waals surface area contributed by atoms with E-state index in [1.54, 1.807) is 18.2 Å². The molecule has 0 atom stereocenters. The van der Waals surface area contributed by atoms with E-state index in [0.717, 1.165) is 12.1 Å². The van der Waals surface area contributed by atoms with Crippen molar-refractivity contribution in [3.63, 3.8) is 0 Å². The highest BCUT2D eigenvalue weighted by molar-refractivity contribution is 9.10. The van der Waals surface area contributed by atoms with Crippen LogP contribution in [0.5, 0.6) is 0 Å². The Morgan fingerprint density at radius 1 is 1.00 bits per heavy atom. The van der Waals surface area contributed by atoms with Crippen LogP contribution in [0.3, 0.4) is 0 Å². The number of fused-ring (bicyclic) bond motifs is 1. The SMILES string of the molecule is O=C(c1ccc(F)c(F)c1F)c1c[nH]c2cccc(Br)c12. The van der Waals surface area contributed by atoms with Crippen LogP contribution >= 0.6 is 15.9 Å². The van der Waals surface area contributed by atoms with Crippen LogP contribution in [0.2, 0.25) is 0 Å². The zero-order chi connectivity index (χ0) is 15.1. The third kappa shape index (κ3) is 2.15. The molecule has 1 aromatic heterocycles. The second kappa shape index (κ2) is 5.04. The third-order valence-electron chi connectivity index (χ3n) is 3.18. The van der Waals surface area contributed by atoms with Gasteiger partial charge in [0, 0.05) is 27.1 Å². The van der Waals surface area contributed by atoms with Gasteiger partial charge in [-0.25, -0.2) is 13.2 Å². The molecule has 1 heterocycles. The zero-order valence-corrected chi connectivity index (χ0v) is 12.0. The van der Waals surface area contributed by atoms with Crippen molar-refractivity contribution in [3.8, 4) is 0 Å². The number of hydrogen-bond donors (Lipinski definition) is 1. The standard InChI is InChI=1S/C15H7BrF3NO/c16-9-2-1-3-11-12(9)8(6-20-11)15(21)7-4-5-10(17)14(19)13(7)18/h1-6,20H. The predicted octanol–water partition coefficient (Wildman–Crippen LogP) is 4.58. The fourth-order valence-corrected chi connectivity index (χ4v) is 2.75. The summed E-state index contributed by atoms with van der Waals surface area (Å²) in [6.07, 6.45) is 1.42. The Kier molecular flexibility index (Phi) is 3.33. The molecule has 0 saturated heterocycles. The number of rotatable bonds is 2. The summed E-state index contributed by atoms with van der Waals surface area (Å²) in [5, 5.41) is 0.562. The molecule has 0 unspecified atom stereocenters. The van der Waals surface area contributed by atoms with Gasteiger partial charge in [-0.15, -0.1) is 0 Å². The summed E-state index contributed by atoms with van der Waals surface area (Å²) in [5.74, 6) is -5.19. The van der Waals surface area contributed by atoms with E-state index < -0.39 is 28.8 Å². The summed E-state index contributed by atoms with van der Waals surface area (Å²) in [7, 11) is 0. The van der Waals surface area contributed by atoms with Gasteiger partial charge in [0.15, 0.2) is 23.2 Å². The lowest BCUT2D eigenvalue weighted by Crippen LogP contribution is -2.07. The average molecular weight is 354 g/mol. The number of carbonyl (C=O) groups is 1. The van der Waals surface area contributed by atoms with Crippen LogP contribution in [0.15, 0.2) is 41.0 Å². The molecule has 2 aromatic carbocycles. The van der Waals surface area contributed by atoms with Gasteiger partial charge in [-0.3, -0.25) is 4.79 Å². The Balaban J connectivity index is 2.20. The van der Waals surface area contributed by atoms with Gasteiger partial charge in [0.2, 0.25) is 0 Å². The molecule has 2 nitrogen and oxygen atoms in total. The molecule has 1 N–H and O–H groups in total. The van der Waals surface area contributed by atoms with E-state index in [4.69, 9.17) is 0 Å². The number of carbonyl (C=O) groups excluding carboxylic acids is 1. The van der Waals surface area contributed by atoms with Crippen molar-refractivity contribution < 1.29 is 18.0 Å². The monoisotopic (exact) mass is 353 g/mol. The molecule has 3 rings (SSSR count). The molecule has 0 radical (unpaired) electrons. The summed E-state index contributed by atoms with van der Waals surface area (Å²) in [6.45, 7) is 0. The van der Waals surface area contributed by atoms with Crippen LogP contribution in [-0.2, 0) is 0 Å². The number of halogens is 4. The minimum atomic E-state index is -1.65. The van der Waals surface area contributed by atoms with Crippen molar-refractivity contribution >= 4 is 32.6 Å². The zero-order valence-electron chi connectivity index (χ0n) is 10.4. The lowest BCUT2D eigenvalue weighted by atomic mass is 10.0. The molecular weight excluding hydrogens is 347 g/mol. The Hall–Kier alpha value is -2.08. The van der Waals surface area contributed by atoms with Crippen molar-refractivity contribution in [2.45, 2.75) is 0 Å². The maximum atomic E-state index is 13.7. The highest BCUT2D eigenvalue weighted by atomic mass is 79.9. The minimum absolute atomic E-state index is 0.183. The summed E-state index contributed by atoms with van der Waals surface area (Å²) in [6, 6.07) is 6.92. The average Bonchev–Trinajstić information content (AvgIpc) is 2.90. The molecular formula is C15H7BrF3NO. The molecule has 0 saturated carbocycles. The fraction of sp³-hybridized carbons (Fsp3) is 0. The molecule has 0 bridgehead atoms. The molecule has 0 aliphatic carbocycles. The van der Waals surface area contributed by atoms with Gasteiger partial charge in [-0.2, -0.15) is 0 Å². The predicted molar refractivity (Wildman–Crippen MR) is 75.7 cm³/mol. The minimum Gasteiger partial charge on any atom is -0.360 e. The molecule has 106 valence electrons. The Morgan fingerprint density at radius 2 is 1.76 bits per heavy atom. The molecule has 0 spiro atoms. The number of H-pyrrole nitrogens is 1. The number of hydrogen-bond acceptors (Lipinski definition) is 1. The molecule has 6 heteroatoms. The first-order chi connectivity index (χ1) is 10.0. The van der Waals surface area contributed by atoms with Crippen molar-refractivity contribution in [2.24, 2.45) is 0 Å². The van der Waals surface area contributed by atoms with Crippen molar-refractivity contribution in [1.29, 1.82) is 0 Å². The quantitative estimate of drug-likeness (QED) is 0.530. The van der Waals surface area contributed by atoms with E-state index in [1.165, 1.54) is 6.20 Å². The van der Waals surface area contributed by atoms with Crippen LogP contribution in [0.4, 0.5) is 13.2 Å². The molecule has 0 fully saturated rings. The van der Waals surface area contributed by atoms with Crippen LogP contribution in [0.25, 0.3) is 10.9 Å². The first-order valence-electron chi connectivity index (χ1n) is 5.94. The number of nitrogens with one attached hydrogen (secondary N) is 1. The summed E-state index contributed by atoms with van der Waals surface area (Å²) in [5.41, 5.74) is 0.351. The van der Waals surface area contributed by atoms with Crippen molar-refractivity contribution in [3.05, 3.63) is 69.6 Å². The molecule has 0 amide bonds. The van der Waals surface area contributed by atoms with E-state index >= 15 is 0 Å². The van der Waals surface area contributed by atoms with Gasteiger partial charge in [0.05, 0.1) is 5.56 Å². The molecule has 0 aliphatic heterocycles. The van der Waals surface area contributed by atoms with Gasteiger partial charge >= 0.3 is 0 Å². The van der Waals surface area contributed by atoms with E-state index in [9.17, 15) is 18.0 Å². The maximum Gasteiger partial charge on any atom is 0.198 e. The van der Waals surface area contributed by atoms with Gasteiger partial charge in [-0.05, 0) is 24.3 Å². The fourth-order valence-electron chi connectivity index (χ4n) is 2.17. The topological polar surface area (TPSA) is 32.9 Å². The van der Waals surface area contributed by atoms with Gasteiger partial charge < -0.3 is 4.98 Å². The van der Waals surface area contributed by atoms with E-state index in [-0.39, 0.29) is 5.56 Å². The second-order valence-corrected chi connectivity index (χ2v) is 5.27. The number of benzene rings is 2. The van der Waals surface area contributed by atoms with E-state index in [0.29, 0.717) is 15.4 Å². The lowest BCUT2D eigenvalue weighted by molar-refractivity contribution is 0.103. The molecule has 3 aromatic rings. The third-order valence-corrected chi connectivity index (χ3v) is 3.84. The van der Waals surface area contributed by atoms with Crippen LogP contribution in [-0.4, -0.2) is 10.8 Å². The summed E-state index contributed by atoms with van der Waals surface area (Å²) < 4.78 is 40.6. The Bertz CT molecular complexity index is 873. The van der Waals surface area contributed by atoms with Crippen molar-refractivity contribution in [1.82, 2.24) is 4.98 Å². The van der Waals surface area contributed by atoms with Gasteiger partial charge in [-0.1, -0.05) is 22.0 Å². The molecule has 0 aliphatic rings. The molecule has 21 heavy (non-hydrogen) atoms. The van der Waals surface area contributed by atoms with Crippen LogP contribution < -0.4 is 0 Å². The van der Waals surface area contributed by atoms with Crippen LogP contribution in [0, 0.1) is 17.5 Å². The largest absolute Gasteiger partial charge is 0.360 e. The second-order valence-electron chi connectivity index (χ2n) is 4.42. The van der Waals surface area contributed by atoms with E-state index in [1.807, 2.05) is 0 Å². The van der Waals surface area contributed by atoms with E-state index in [2.05, 4.69) is 20.9 Å². The number of aromatic nitrogens is 1. The van der Waals surface area contributed by atoms with Gasteiger partial charge in [0.25, 0.3) is 0 Å². The number of aromatic amines is 1. The summed E-state index contributed by atoms with van der Waals surface area (Å²) in [4.78, 5) is 15.3. The van der Waals surface area contributed by atoms with Crippen LogP contribution in [0.1, 0.15) is 15.9 Å². The van der Waals surface area contributed by atoms with Crippen molar-refractivity contribution in [2.75, 3.05) is 0 Å². The first-order valence-corrected chi connectivity index (χ1v) is 6.74. The normalized spacial score (nSPS) is 11.0. The maximum absolute atomic E-state index is 13.7.